The van der Waals surface area contributed by atoms with Gasteiger partial charge in [-0.1, -0.05) is 35.0 Å². The first-order valence-corrected chi connectivity index (χ1v) is 10.6. The molecule has 2 N–H and O–H groups in total. The van der Waals surface area contributed by atoms with E-state index in [4.69, 9.17) is 4.99 Å². The second-order valence-electron chi connectivity index (χ2n) is 6.98. The van der Waals surface area contributed by atoms with Crippen molar-refractivity contribution in [2.45, 2.75) is 39.3 Å². The lowest BCUT2D eigenvalue weighted by Crippen LogP contribution is -2.48. The molecule has 0 radical (unpaired) electrons. The van der Waals surface area contributed by atoms with E-state index in [1.165, 1.54) is 5.56 Å². The van der Waals surface area contributed by atoms with Gasteiger partial charge in [-0.25, -0.2) is 0 Å². The first kappa shape index (κ1) is 21.2. The van der Waals surface area contributed by atoms with E-state index in [0.29, 0.717) is 6.04 Å². The molecule has 1 heterocycles. The lowest BCUT2D eigenvalue weighted by atomic mass is 10.0. The van der Waals surface area contributed by atoms with Crippen molar-refractivity contribution in [1.29, 1.82) is 0 Å². The molecule has 0 atom stereocenters. The van der Waals surface area contributed by atoms with Crippen LogP contribution in [0, 0.1) is 0 Å². The molecule has 0 aromatic heterocycles. The summed E-state index contributed by atoms with van der Waals surface area (Å²) in [5.41, 5.74) is 1.38. The van der Waals surface area contributed by atoms with Gasteiger partial charge in [0, 0.05) is 43.2 Å². The highest BCUT2D eigenvalue weighted by molar-refractivity contribution is 9.10. The highest BCUT2D eigenvalue weighted by Crippen LogP contribution is 2.16. The van der Waals surface area contributed by atoms with Crippen LogP contribution in [0.25, 0.3) is 0 Å². The predicted octanol–water partition coefficient (Wildman–Crippen LogP) is 2.92. The average molecular weight is 424 g/mol. The Bertz CT molecular complexity index is 538. The van der Waals surface area contributed by atoms with Gasteiger partial charge in [0.2, 0.25) is 0 Å². The maximum absolute atomic E-state index is 4.73. The number of nitrogens with zero attached hydrogens (tertiary/aromatic N) is 3. The standard InChI is InChI=1S/C20H34BrN5/c1-4-22-20(23-12-15-25(3)5-2)24-19-10-13-26(14-11-19)16-17-6-8-18(21)9-7-17/h6-9,19H,4-5,10-16H2,1-3H3,(H2,22,23,24). The summed E-state index contributed by atoms with van der Waals surface area (Å²) in [5.74, 6) is 0.961. The van der Waals surface area contributed by atoms with E-state index in [1.54, 1.807) is 0 Å². The summed E-state index contributed by atoms with van der Waals surface area (Å²) in [7, 11) is 2.14. The normalized spacial score (nSPS) is 16.9. The van der Waals surface area contributed by atoms with Gasteiger partial charge in [0.05, 0.1) is 6.54 Å². The molecule has 1 aliphatic rings. The SMILES string of the molecule is CCNC(=NCCN(C)CC)NC1CCN(Cc2ccc(Br)cc2)CC1. The number of likely N-dealkylation sites (tertiary alicyclic amines) is 1. The maximum Gasteiger partial charge on any atom is 0.191 e. The zero-order valence-electron chi connectivity index (χ0n) is 16.5. The summed E-state index contributed by atoms with van der Waals surface area (Å²) < 4.78 is 1.14. The second kappa shape index (κ2) is 11.6. The van der Waals surface area contributed by atoms with Crippen molar-refractivity contribution in [3.63, 3.8) is 0 Å². The van der Waals surface area contributed by atoms with Gasteiger partial charge < -0.3 is 15.5 Å². The molecule has 1 saturated heterocycles. The van der Waals surface area contributed by atoms with Crippen molar-refractivity contribution >= 4 is 21.9 Å². The smallest absolute Gasteiger partial charge is 0.191 e. The van der Waals surface area contributed by atoms with Crippen LogP contribution in [0.4, 0.5) is 0 Å². The van der Waals surface area contributed by atoms with E-state index in [9.17, 15) is 0 Å². The summed E-state index contributed by atoms with van der Waals surface area (Å²) >= 11 is 3.50. The number of benzene rings is 1. The minimum Gasteiger partial charge on any atom is -0.357 e. The molecule has 0 amide bonds. The number of rotatable bonds is 8. The highest BCUT2D eigenvalue weighted by Gasteiger charge is 2.20. The molecule has 2 rings (SSSR count). The van der Waals surface area contributed by atoms with E-state index < -0.39 is 0 Å². The molecule has 0 saturated carbocycles. The van der Waals surface area contributed by atoms with Crippen molar-refractivity contribution in [2.75, 3.05) is 46.3 Å². The zero-order valence-corrected chi connectivity index (χ0v) is 18.1. The van der Waals surface area contributed by atoms with Gasteiger partial charge in [-0.15, -0.1) is 0 Å². The fraction of sp³-hybridized carbons (Fsp3) is 0.650. The Labute approximate surface area is 167 Å². The Morgan fingerprint density at radius 3 is 2.54 bits per heavy atom. The molecule has 1 aromatic carbocycles. The minimum atomic E-state index is 0.512. The molecule has 0 bridgehead atoms. The lowest BCUT2D eigenvalue weighted by Gasteiger charge is -2.33. The average Bonchev–Trinajstić information content (AvgIpc) is 2.65. The predicted molar refractivity (Wildman–Crippen MR) is 115 cm³/mol. The third kappa shape index (κ3) is 7.64. The van der Waals surface area contributed by atoms with Crippen molar-refractivity contribution in [1.82, 2.24) is 20.4 Å². The fourth-order valence-electron chi connectivity index (χ4n) is 3.09. The number of likely N-dealkylation sites (N-methyl/N-ethyl adjacent to an activating group) is 1. The number of aliphatic imine (C=N–C) groups is 1. The Morgan fingerprint density at radius 2 is 1.92 bits per heavy atom. The van der Waals surface area contributed by atoms with E-state index in [1.807, 2.05) is 0 Å². The topological polar surface area (TPSA) is 42.9 Å². The molecule has 0 unspecified atom stereocenters. The van der Waals surface area contributed by atoms with Gasteiger partial charge in [-0.3, -0.25) is 9.89 Å². The lowest BCUT2D eigenvalue weighted by molar-refractivity contribution is 0.198. The van der Waals surface area contributed by atoms with Crippen molar-refractivity contribution in [3.8, 4) is 0 Å². The van der Waals surface area contributed by atoms with Gasteiger partial charge >= 0.3 is 0 Å². The van der Waals surface area contributed by atoms with Gasteiger partial charge in [0.15, 0.2) is 5.96 Å². The van der Waals surface area contributed by atoms with Crippen LogP contribution in [0.5, 0.6) is 0 Å². The van der Waals surface area contributed by atoms with Crippen molar-refractivity contribution in [2.24, 2.45) is 4.99 Å². The Hall–Kier alpha value is -1.11. The first-order chi connectivity index (χ1) is 12.6. The van der Waals surface area contributed by atoms with Crippen LogP contribution in [-0.4, -0.2) is 68.1 Å². The number of nitrogens with one attached hydrogen (secondary N) is 2. The quantitative estimate of drug-likeness (QED) is 0.498. The van der Waals surface area contributed by atoms with Gasteiger partial charge in [-0.05, 0) is 51.1 Å². The largest absolute Gasteiger partial charge is 0.357 e. The summed E-state index contributed by atoms with van der Waals surface area (Å²) in [4.78, 5) is 9.55. The Kier molecular flexibility index (Phi) is 9.43. The van der Waals surface area contributed by atoms with E-state index in [0.717, 1.165) is 69.1 Å². The minimum absolute atomic E-state index is 0.512. The molecule has 146 valence electrons. The van der Waals surface area contributed by atoms with Crippen LogP contribution in [0.1, 0.15) is 32.3 Å². The number of piperidine rings is 1. The third-order valence-electron chi connectivity index (χ3n) is 4.88. The van der Waals surface area contributed by atoms with Gasteiger partial charge in [-0.2, -0.15) is 0 Å². The van der Waals surface area contributed by atoms with E-state index >= 15 is 0 Å². The second-order valence-corrected chi connectivity index (χ2v) is 7.89. The molecule has 6 heteroatoms. The molecule has 5 nitrogen and oxygen atoms in total. The van der Waals surface area contributed by atoms with Crippen molar-refractivity contribution < 1.29 is 0 Å². The van der Waals surface area contributed by atoms with Crippen LogP contribution in [0.15, 0.2) is 33.7 Å². The number of hydrogen-bond acceptors (Lipinski definition) is 3. The van der Waals surface area contributed by atoms with Crippen LogP contribution in [0.3, 0.4) is 0 Å². The molecular formula is C20H34BrN5. The Balaban J connectivity index is 1.76. The first-order valence-electron chi connectivity index (χ1n) is 9.81. The fourth-order valence-corrected chi connectivity index (χ4v) is 3.35. The molecule has 26 heavy (non-hydrogen) atoms. The summed E-state index contributed by atoms with van der Waals surface area (Å²) in [6.45, 7) is 11.4. The monoisotopic (exact) mass is 423 g/mol. The van der Waals surface area contributed by atoms with Crippen LogP contribution < -0.4 is 10.6 Å². The van der Waals surface area contributed by atoms with Crippen LogP contribution in [-0.2, 0) is 6.54 Å². The number of guanidine groups is 1. The number of halogens is 1. The van der Waals surface area contributed by atoms with Crippen molar-refractivity contribution in [3.05, 3.63) is 34.3 Å². The summed E-state index contributed by atoms with van der Waals surface area (Å²) in [6, 6.07) is 9.17. The molecule has 0 spiro atoms. The number of hydrogen-bond donors (Lipinski definition) is 2. The third-order valence-corrected chi connectivity index (χ3v) is 5.41. The Morgan fingerprint density at radius 1 is 1.23 bits per heavy atom. The van der Waals surface area contributed by atoms with E-state index in [2.05, 4.69) is 81.5 Å². The van der Waals surface area contributed by atoms with Gasteiger partial charge in [0.25, 0.3) is 0 Å². The molecular weight excluding hydrogens is 390 g/mol. The van der Waals surface area contributed by atoms with E-state index in [-0.39, 0.29) is 0 Å². The molecule has 1 aromatic rings. The highest BCUT2D eigenvalue weighted by atomic mass is 79.9. The van der Waals surface area contributed by atoms with Gasteiger partial charge in [0.1, 0.15) is 0 Å². The molecule has 0 aliphatic carbocycles. The zero-order chi connectivity index (χ0) is 18.8. The molecule has 1 fully saturated rings. The van der Waals surface area contributed by atoms with Crippen LogP contribution in [0.2, 0.25) is 0 Å². The molecule has 1 aliphatic heterocycles. The summed E-state index contributed by atoms with van der Waals surface area (Å²) in [6.07, 6.45) is 2.33. The van der Waals surface area contributed by atoms with Crippen LogP contribution >= 0.6 is 15.9 Å². The maximum atomic E-state index is 4.73. The summed E-state index contributed by atoms with van der Waals surface area (Å²) in [5, 5.41) is 7.01.